The van der Waals surface area contributed by atoms with E-state index in [4.69, 9.17) is 4.52 Å². The lowest BCUT2D eigenvalue weighted by atomic mass is 10.0. The monoisotopic (exact) mass is 315 g/mol. The van der Waals surface area contributed by atoms with Gasteiger partial charge in [0.25, 0.3) is 5.91 Å². The van der Waals surface area contributed by atoms with Gasteiger partial charge in [-0.1, -0.05) is 19.0 Å². The molecule has 1 fully saturated rings. The molecular formula is C16H21N5O2. The number of aryl methyl sites for hydroxylation is 2. The van der Waals surface area contributed by atoms with Gasteiger partial charge >= 0.3 is 0 Å². The molecule has 0 bridgehead atoms. The lowest BCUT2D eigenvalue weighted by molar-refractivity contribution is 0.0787. The predicted octanol–water partition coefficient (Wildman–Crippen LogP) is 2.23. The summed E-state index contributed by atoms with van der Waals surface area (Å²) in [5.41, 5.74) is 1.40. The Balaban J connectivity index is 1.79. The summed E-state index contributed by atoms with van der Waals surface area (Å²) in [6, 6.07) is 0. The van der Waals surface area contributed by atoms with Gasteiger partial charge in [0.05, 0.1) is 17.2 Å². The molecule has 7 nitrogen and oxygen atoms in total. The molecule has 3 rings (SSSR count). The minimum atomic E-state index is -0.0209. The van der Waals surface area contributed by atoms with Crippen molar-refractivity contribution in [2.24, 2.45) is 0 Å². The van der Waals surface area contributed by atoms with Crippen molar-refractivity contribution in [2.45, 2.75) is 46.0 Å². The standard InChI is InChI=1S/C16H21N5O2/c1-9(2)14-13(7-17-10(3)18-14)16(22)21-6-5-12(8-21)15-19-11(4)20-23-15/h7,9,12H,5-6,8H2,1-4H3/t12-/m1/s1. The van der Waals surface area contributed by atoms with Gasteiger partial charge in [-0.15, -0.1) is 0 Å². The number of aromatic nitrogens is 4. The molecule has 0 aromatic carbocycles. The summed E-state index contributed by atoms with van der Waals surface area (Å²) in [7, 11) is 0. The van der Waals surface area contributed by atoms with Gasteiger partial charge in [0, 0.05) is 19.3 Å². The Morgan fingerprint density at radius 2 is 2.09 bits per heavy atom. The van der Waals surface area contributed by atoms with Crippen molar-refractivity contribution in [2.75, 3.05) is 13.1 Å². The summed E-state index contributed by atoms with van der Waals surface area (Å²) in [6.45, 7) is 8.97. The molecule has 7 heteroatoms. The SMILES string of the molecule is Cc1noc([C@@H]2CCN(C(=O)c3cnc(C)nc3C(C)C)C2)n1. The first-order valence-corrected chi connectivity index (χ1v) is 7.88. The third kappa shape index (κ3) is 3.09. The molecule has 122 valence electrons. The van der Waals surface area contributed by atoms with E-state index in [-0.39, 0.29) is 17.7 Å². The molecule has 0 radical (unpaired) electrons. The zero-order chi connectivity index (χ0) is 16.6. The van der Waals surface area contributed by atoms with Crippen LogP contribution in [0.15, 0.2) is 10.7 Å². The molecule has 2 aromatic rings. The van der Waals surface area contributed by atoms with Crippen molar-refractivity contribution in [3.8, 4) is 0 Å². The van der Waals surface area contributed by atoms with Crippen LogP contribution in [0.1, 0.15) is 65.7 Å². The maximum Gasteiger partial charge on any atom is 0.257 e. The zero-order valence-electron chi connectivity index (χ0n) is 13.9. The number of rotatable bonds is 3. The van der Waals surface area contributed by atoms with Crippen LogP contribution < -0.4 is 0 Å². The van der Waals surface area contributed by atoms with Crippen LogP contribution in [0.3, 0.4) is 0 Å². The third-order valence-electron chi connectivity index (χ3n) is 4.08. The van der Waals surface area contributed by atoms with Gasteiger partial charge in [-0.05, 0) is 26.2 Å². The van der Waals surface area contributed by atoms with Crippen LogP contribution in [0.2, 0.25) is 0 Å². The number of hydrogen-bond acceptors (Lipinski definition) is 6. The minimum absolute atomic E-state index is 0.0209. The molecule has 0 spiro atoms. The van der Waals surface area contributed by atoms with E-state index in [0.717, 1.165) is 12.1 Å². The average Bonchev–Trinajstić information content (AvgIpc) is 3.15. The van der Waals surface area contributed by atoms with Crippen LogP contribution in [0.4, 0.5) is 0 Å². The number of carbonyl (C=O) groups excluding carboxylic acids is 1. The molecule has 2 aromatic heterocycles. The van der Waals surface area contributed by atoms with Crippen LogP contribution in [-0.4, -0.2) is 44.0 Å². The molecule has 0 N–H and O–H groups in total. The predicted molar refractivity (Wildman–Crippen MR) is 83.2 cm³/mol. The van der Waals surface area contributed by atoms with Crippen molar-refractivity contribution < 1.29 is 9.32 Å². The number of likely N-dealkylation sites (tertiary alicyclic amines) is 1. The second kappa shape index (κ2) is 6.06. The van der Waals surface area contributed by atoms with Gasteiger partial charge in [-0.25, -0.2) is 9.97 Å². The van der Waals surface area contributed by atoms with E-state index >= 15 is 0 Å². The van der Waals surface area contributed by atoms with E-state index in [2.05, 4.69) is 20.1 Å². The maximum atomic E-state index is 12.8. The van der Waals surface area contributed by atoms with Crippen molar-refractivity contribution >= 4 is 5.91 Å². The topological polar surface area (TPSA) is 85.0 Å². The van der Waals surface area contributed by atoms with Crippen LogP contribution >= 0.6 is 0 Å². The molecule has 1 amide bonds. The third-order valence-corrected chi connectivity index (χ3v) is 4.08. The van der Waals surface area contributed by atoms with Gasteiger partial charge in [-0.3, -0.25) is 4.79 Å². The Bertz CT molecular complexity index is 725. The minimum Gasteiger partial charge on any atom is -0.339 e. The first-order chi connectivity index (χ1) is 11.0. The summed E-state index contributed by atoms with van der Waals surface area (Å²) < 4.78 is 5.24. The fraction of sp³-hybridized carbons (Fsp3) is 0.562. The van der Waals surface area contributed by atoms with Gasteiger partial charge in [-0.2, -0.15) is 4.98 Å². The molecule has 23 heavy (non-hydrogen) atoms. The first kappa shape index (κ1) is 15.6. The second-order valence-electron chi connectivity index (χ2n) is 6.29. The summed E-state index contributed by atoms with van der Waals surface area (Å²) in [6.07, 6.45) is 2.47. The molecule has 1 aliphatic rings. The fourth-order valence-corrected chi connectivity index (χ4v) is 2.89. The van der Waals surface area contributed by atoms with E-state index in [1.54, 1.807) is 13.1 Å². The quantitative estimate of drug-likeness (QED) is 0.863. The number of nitrogens with zero attached hydrogens (tertiary/aromatic N) is 5. The highest BCUT2D eigenvalue weighted by Crippen LogP contribution is 2.28. The van der Waals surface area contributed by atoms with Gasteiger partial charge in [0.2, 0.25) is 5.89 Å². The van der Waals surface area contributed by atoms with E-state index in [1.165, 1.54) is 0 Å². The Labute approximate surface area is 135 Å². The molecule has 0 unspecified atom stereocenters. The Hall–Kier alpha value is -2.31. The Kier molecular flexibility index (Phi) is 4.11. The number of amides is 1. The van der Waals surface area contributed by atoms with Crippen molar-refractivity contribution in [1.82, 2.24) is 25.0 Å². The molecular weight excluding hydrogens is 294 g/mol. The van der Waals surface area contributed by atoms with E-state index in [0.29, 0.717) is 36.2 Å². The number of hydrogen-bond donors (Lipinski definition) is 0. The average molecular weight is 315 g/mol. The van der Waals surface area contributed by atoms with E-state index in [1.807, 2.05) is 25.7 Å². The number of carbonyl (C=O) groups is 1. The van der Waals surface area contributed by atoms with Crippen molar-refractivity contribution in [3.05, 3.63) is 35.0 Å². The van der Waals surface area contributed by atoms with E-state index < -0.39 is 0 Å². The van der Waals surface area contributed by atoms with Gasteiger partial charge in [0.1, 0.15) is 5.82 Å². The van der Waals surface area contributed by atoms with Crippen LogP contribution in [0.25, 0.3) is 0 Å². The zero-order valence-corrected chi connectivity index (χ0v) is 13.9. The molecule has 3 heterocycles. The van der Waals surface area contributed by atoms with E-state index in [9.17, 15) is 4.79 Å². The van der Waals surface area contributed by atoms with Crippen LogP contribution in [-0.2, 0) is 0 Å². The largest absolute Gasteiger partial charge is 0.339 e. The summed E-state index contributed by atoms with van der Waals surface area (Å²) in [5, 5.41) is 3.83. The summed E-state index contributed by atoms with van der Waals surface area (Å²) >= 11 is 0. The highest BCUT2D eigenvalue weighted by Gasteiger charge is 2.32. The molecule has 0 aliphatic carbocycles. The molecule has 0 saturated carbocycles. The lowest BCUT2D eigenvalue weighted by Gasteiger charge is -2.18. The lowest BCUT2D eigenvalue weighted by Crippen LogP contribution is -2.30. The fourth-order valence-electron chi connectivity index (χ4n) is 2.89. The highest BCUT2D eigenvalue weighted by atomic mass is 16.5. The van der Waals surface area contributed by atoms with Gasteiger partial charge < -0.3 is 9.42 Å². The molecule has 1 aliphatic heterocycles. The first-order valence-electron chi connectivity index (χ1n) is 7.88. The highest BCUT2D eigenvalue weighted by molar-refractivity contribution is 5.95. The molecule has 1 saturated heterocycles. The van der Waals surface area contributed by atoms with Gasteiger partial charge in [0.15, 0.2) is 5.82 Å². The van der Waals surface area contributed by atoms with Crippen LogP contribution in [0, 0.1) is 13.8 Å². The maximum absolute atomic E-state index is 12.8. The molecule has 1 atom stereocenters. The summed E-state index contributed by atoms with van der Waals surface area (Å²) in [5.74, 6) is 2.18. The van der Waals surface area contributed by atoms with Crippen LogP contribution in [0.5, 0.6) is 0 Å². The van der Waals surface area contributed by atoms with Crippen molar-refractivity contribution in [3.63, 3.8) is 0 Å². The summed E-state index contributed by atoms with van der Waals surface area (Å²) in [4.78, 5) is 27.6. The van der Waals surface area contributed by atoms with Crippen molar-refractivity contribution in [1.29, 1.82) is 0 Å². The smallest absolute Gasteiger partial charge is 0.257 e. The second-order valence-corrected chi connectivity index (χ2v) is 6.29. The normalized spacial score (nSPS) is 18.0. The Morgan fingerprint density at radius 1 is 1.30 bits per heavy atom. The Morgan fingerprint density at radius 3 is 2.74 bits per heavy atom.